The first-order chi connectivity index (χ1) is 16.2. The summed E-state index contributed by atoms with van der Waals surface area (Å²) in [6, 6.07) is 3.94. The molecule has 1 aromatic carbocycles. The van der Waals surface area contributed by atoms with Crippen LogP contribution in [0.2, 0.25) is 0 Å². The second-order valence-corrected chi connectivity index (χ2v) is 12.5. The number of aliphatic hydroxyl groups excluding tert-OH is 1. The van der Waals surface area contributed by atoms with Crippen LogP contribution in [0.15, 0.2) is 35.7 Å². The van der Waals surface area contributed by atoms with Gasteiger partial charge in [-0.25, -0.2) is 17.7 Å². The van der Waals surface area contributed by atoms with Crippen molar-refractivity contribution in [2.45, 2.75) is 31.0 Å². The molecule has 14 heteroatoms. The number of imidazole rings is 1. The standard InChI is InChI=1S/C21H31N5O7S2/c1-14-9-26(15(2)12-27)21(28)16-7-6-8-17(23-35(31,32)19-11-24(3)13-22-19)20(16)33-18(14)10-25(4)34(5,29)30/h6-8,11,13-15,18,23,27H,9-10,12H2,1-5H3/t14-,15+,18-/m0/s1. The van der Waals surface area contributed by atoms with Gasteiger partial charge < -0.3 is 19.3 Å². The number of carbonyl (C=O) groups is 1. The fourth-order valence-corrected chi connectivity index (χ4v) is 5.12. The Morgan fingerprint density at radius 1 is 1.31 bits per heavy atom. The van der Waals surface area contributed by atoms with Crippen molar-refractivity contribution < 1.29 is 31.5 Å². The van der Waals surface area contributed by atoms with E-state index < -0.39 is 38.1 Å². The van der Waals surface area contributed by atoms with Crippen LogP contribution in [-0.4, -0.2) is 91.8 Å². The molecule has 2 N–H and O–H groups in total. The molecule has 2 heterocycles. The van der Waals surface area contributed by atoms with Gasteiger partial charge in [0.1, 0.15) is 6.10 Å². The van der Waals surface area contributed by atoms with Gasteiger partial charge in [0.15, 0.2) is 10.8 Å². The number of para-hydroxylation sites is 1. The average molecular weight is 530 g/mol. The number of ether oxygens (including phenoxy) is 1. The summed E-state index contributed by atoms with van der Waals surface area (Å²) in [5.41, 5.74) is 0.102. The number of aliphatic hydroxyl groups is 1. The van der Waals surface area contributed by atoms with Gasteiger partial charge >= 0.3 is 0 Å². The van der Waals surface area contributed by atoms with Gasteiger partial charge in [-0.05, 0) is 19.1 Å². The molecule has 0 bridgehead atoms. The van der Waals surface area contributed by atoms with Crippen molar-refractivity contribution in [1.82, 2.24) is 18.8 Å². The number of likely N-dealkylation sites (N-methyl/N-ethyl adjacent to an activating group) is 1. The number of sulfonamides is 2. The summed E-state index contributed by atoms with van der Waals surface area (Å²) in [5, 5.41) is 9.53. The summed E-state index contributed by atoms with van der Waals surface area (Å²) in [5.74, 6) is -0.821. The molecule has 3 atom stereocenters. The number of carbonyl (C=O) groups excluding carboxylic acids is 1. The number of aromatic nitrogens is 2. The van der Waals surface area contributed by atoms with E-state index in [-0.39, 0.29) is 47.6 Å². The predicted molar refractivity (Wildman–Crippen MR) is 129 cm³/mol. The van der Waals surface area contributed by atoms with Gasteiger partial charge in [0.2, 0.25) is 10.0 Å². The zero-order chi connectivity index (χ0) is 26.1. The number of amides is 1. The Kier molecular flexibility index (Phi) is 7.79. The normalized spacial score (nSPS) is 20.1. The molecule has 1 aliphatic heterocycles. The first kappa shape index (κ1) is 26.9. The molecule has 0 saturated heterocycles. The van der Waals surface area contributed by atoms with Gasteiger partial charge in [0.25, 0.3) is 15.9 Å². The SMILES string of the molecule is C[C@H](CO)N1C[C@H](C)[C@H](CN(C)S(C)(=O)=O)Oc2c(NS(=O)(=O)c3cn(C)cn3)cccc2C1=O. The van der Waals surface area contributed by atoms with Crippen LogP contribution in [0.1, 0.15) is 24.2 Å². The van der Waals surface area contributed by atoms with Gasteiger partial charge in [-0.2, -0.15) is 8.42 Å². The van der Waals surface area contributed by atoms with E-state index in [1.165, 1.54) is 47.2 Å². The molecule has 1 aromatic heterocycles. The van der Waals surface area contributed by atoms with Gasteiger partial charge in [-0.15, -0.1) is 0 Å². The van der Waals surface area contributed by atoms with E-state index in [4.69, 9.17) is 4.74 Å². The summed E-state index contributed by atoms with van der Waals surface area (Å²) in [7, 11) is -4.59. The molecule has 1 aliphatic rings. The van der Waals surface area contributed by atoms with Crippen LogP contribution >= 0.6 is 0 Å². The smallest absolute Gasteiger partial charge is 0.281 e. The molecule has 35 heavy (non-hydrogen) atoms. The van der Waals surface area contributed by atoms with Crippen molar-refractivity contribution in [3.05, 3.63) is 36.3 Å². The van der Waals surface area contributed by atoms with Gasteiger partial charge in [0.05, 0.1) is 43.0 Å². The molecule has 0 unspecified atom stereocenters. The summed E-state index contributed by atoms with van der Waals surface area (Å²) in [6.45, 7) is 3.38. The third-order valence-corrected chi connectivity index (χ3v) is 8.43. The number of aryl methyl sites for hydroxylation is 1. The Morgan fingerprint density at radius 3 is 2.57 bits per heavy atom. The molecule has 0 aliphatic carbocycles. The first-order valence-electron chi connectivity index (χ1n) is 10.9. The third-order valence-electron chi connectivity index (χ3n) is 5.90. The molecule has 0 fully saturated rings. The molecule has 3 rings (SSSR count). The van der Waals surface area contributed by atoms with Crippen LogP contribution in [0.3, 0.4) is 0 Å². The average Bonchev–Trinajstić information content (AvgIpc) is 3.22. The minimum Gasteiger partial charge on any atom is -0.486 e. The molecule has 0 saturated carbocycles. The van der Waals surface area contributed by atoms with Gasteiger partial charge in [-0.3, -0.25) is 9.52 Å². The highest BCUT2D eigenvalue weighted by atomic mass is 32.2. The largest absolute Gasteiger partial charge is 0.486 e. The molecule has 0 radical (unpaired) electrons. The maximum Gasteiger partial charge on any atom is 0.281 e. The Hall–Kier alpha value is -2.68. The number of rotatable bonds is 8. The maximum atomic E-state index is 13.5. The lowest BCUT2D eigenvalue weighted by atomic mass is 9.99. The predicted octanol–water partition coefficient (Wildman–Crippen LogP) is 0.332. The van der Waals surface area contributed by atoms with E-state index in [9.17, 15) is 26.7 Å². The minimum atomic E-state index is -4.11. The van der Waals surface area contributed by atoms with Crippen molar-refractivity contribution in [2.24, 2.45) is 13.0 Å². The lowest BCUT2D eigenvalue weighted by Gasteiger charge is -2.38. The van der Waals surface area contributed by atoms with Crippen molar-refractivity contribution in [2.75, 3.05) is 37.7 Å². The molecule has 194 valence electrons. The summed E-state index contributed by atoms with van der Waals surface area (Å²) in [6.07, 6.45) is 3.02. The maximum absolute atomic E-state index is 13.5. The summed E-state index contributed by atoms with van der Waals surface area (Å²) in [4.78, 5) is 18.8. The lowest BCUT2D eigenvalue weighted by Crippen LogP contribution is -2.50. The van der Waals surface area contributed by atoms with E-state index >= 15 is 0 Å². The lowest BCUT2D eigenvalue weighted by molar-refractivity contribution is 0.0389. The van der Waals surface area contributed by atoms with E-state index in [0.29, 0.717) is 0 Å². The van der Waals surface area contributed by atoms with Crippen LogP contribution in [0, 0.1) is 5.92 Å². The Morgan fingerprint density at radius 2 is 2.00 bits per heavy atom. The third kappa shape index (κ3) is 5.94. The highest BCUT2D eigenvalue weighted by Gasteiger charge is 2.36. The first-order valence-corrected chi connectivity index (χ1v) is 14.2. The number of hydrogen-bond acceptors (Lipinski definition) is 8. The van der Waals surface area contributed by atoms with Crippen molar-refractivity contribution >= 4 is 31.6 Å². The number of nitrogens with zero attached hydrogens (tertiary/aromatic N) is 4. The zero-order valence-corrected chi connectivity index (χ0v) is 21.9. The Balaban J connectivity index is 2.11. The van der Waals surface area contributed by atoms with Crippen molar-refractivity contribution in [3.8, 4) is 5.75 Å². The second-order valence-electron chi connectivity index (χ2n) is 8.83. The van der Waals surface area contributed by atoms with E-state index in [1.54, 1.807) is 20.9 Å². The van der Waals surface area contributed by atoms with Crippen molar-refractivity contribution in [1.29, 1.82) is 0 Å². The van der Waals surface area contributed by atoms with Crippen LogP contribution in [0.25, 0.3) is 0 Å². The van der Waals surface area contributed by atoms with Gasteiger partial charge in [-0.1, -0.05) is 13.0 Å². The van der Waals surface area contributed by atoms with Crippen LogP contribution in [-0.2, 0) is 27.1 Å². The van der Waals surface area contributed by atoms with E-state index in [0.717, 1.165) is 10.6 Å². The zero-order valence-electron chi connectivity index (χ0n) is 20.2. The summed E-state index contributed by atoms with van der Waals surface area (Å²) >= 11 is 0. The quantitative estimate of drug-likeness (QED) is 0.497. The molecule has 2 aromatic rings. The minimum absolute atomic E-state index is 0.0132. The number of nitrogens with one attached hydrogen (secondary N) is 1. The molecule has 0 spiro atoms. The molecule has 12 nitrogen and oxygen atoms in total. The fraction of sp³-hybridized carbons (Fsp3) is 0.524. The second kappa shape index (κ2) is 10.1. The number of fused-ring (bicyclic) bond motifs is 1. The number of anilines is 1. The molecular weight excluding hydrogens is 498 g/mol. The highest BCUT2D eigenvalue weighted by Crippen LogP contribution is 2.36. The number of hydrogen-bond donors (Lipinski definition) is 2. The number of benzene rings is 1. The fourth-order valence-electron chi connectivity index (χ4n) is 3.66. The van der Waals surface area contributed by atoms with Crippen molar-refractivity contribution in [3.63, 3.8) is 0 Å². The monoisotopic (exact) mass is 529 g/mol. The Labute approximate surface area is 205 Å². The summed E-state index contributed by atoms with van der Waals surface area (Å²) < 4.78 is 61.3. The van der Waals surface area contributed by atoms with Crippen LogP contribution < -0.4 is 9.46 Å². The highest BCUT2D eigenvalue weighted by molar-refractivity contribution is 7.92. The topological polar surface area (TPSA) is 151 Å². The van der Waals surface area contributed by atoms with Crippen LogP contribution in [0.5, 0.6) is 5.75 Å². The Bertz CT molecular complexity index is 1290. The van der Waals surface area contributed by atoms with Crippen LogP contribution in [0.4, 0.5) is 5.69 Å². The van der Waals surface area contributed by atoms with E-state index in [2.05, 4.69) is 9.71 Å². The molecular formula is C21H31N5O7S2. The van der Waals surface area contributed by atoms with Gasteiger partial charge in [0, 0.05) is 32.8 Å². The molecule has 1 amide bonds. The van der Waals surface area contributed by atoms with E-state index in [1.807, 2.05) is 0 Å².